The summed E-state index contributed by atoms with van der Waals surface area (Å²) in [7, 11) is 5.87. The molecule has 8 nitrogen and oxygen atoms in total. The standard InChI is InChI=1S/C33H65NO7/c1-5-6-7-8-9-10-11-12-13-14-15-16-17-18-19-20-21-22-23-24-25-31(36)40-28-30(35)29-41-33(32(37)38)39-27-26-34(2,3)4/h30,33,35H,5-29H2,1-4H3. The topological polar surface area (TPSA) is 105 Å². The molecule has 0 aliphatic heterocycles. The van der Waals surface area contributed by atoms with Crippen molar-refractivity contribution in [2.45, 2.75) is 154 Å². The summed E-state index contributed by atoms with van der Waals surface area (Å²) < 4.78 is 16.0. The van der Waals surface area contributed by atoms with Crippen LogP contribution in [0.3, 0.4) is 0 Å². The highest BCUT2D eigenvalue weighted by atomic mass is 16.7. The van der Waals surface area contributed by atoms with Crippen LogP contribution in [0, 0.1) is 0 Å². The number of unbranched alkanes of at least 4 members (excludes halogenated alkanes) is 19. The third kappa shape index (κ3) is 30.1. The second-order valence-electron chi connectivity index (χ2n) is 12.7. The van der Waals surface area contributed by atoms with Gasteiger partial charge in [0.15, 0.2) is 6.29 Å². The molecule has 0 radical (unpaired) electrons. The number of carbonyl (C=O) groups is 2. The van der Waals surface area contributed by atoms with Crippen LogP contribution in [0.15, 0.2) is 0 Å². The highest BCUT2D eigenvalue weighted by Gasteiger charge is 2.17. The summed E-state index contributed by atoms with van der Waals surface area (Å²) in [5.74, 6) is -1.86. The summed E-state index contributed by atoms with van der Waals surface area (Å²) in [6, 6.07) is 0. The number of hydrogen-bond acceptors (Lipinski definition) is 7. The van der Waals surface area contributed by atoms with E-state index in [4.69, 9.17) is 14.2 Å². The normalized spacial score (nSPS) is 13.3. The third-order valence-electron chi connectivity index (χ3n) is 7.33. The largest absolute Gasteiger partial charge is 0.545 e. The molecule has 1 N–H and O–H groups in total. The van der Waals surface area contributed by atoms with Gasteiger partial charge in [-0.15, -0.1) is 0 Å². The number of esters is 1. The quantitative estimate of drug-likeness (QED) is 0.0465. The average Bonchev–Trinajstić information content (AvgIpc) is 2.91. The fraction of sp³-hybridized carbons (Fsp3) is 0.939. The third-order valence-corrected chi connectivity index (χ3v) is 7.33. The first kappa shape index (κ1) is 39.8. The molecule has 0 rings (SSSR count). The average molecular weight is 588 g/mol. The molecule has 41 heavy (non-hydrogen) atoms. The second kappa shape index (κ2) is 27.6. The molecule has 244 valence electrons. The maximum absolute atomic E-state index is 11.9. The summed E-state index contributed by atoms with van der Waals surface area (Å²) in [6.07, 6.45) is 23.9. The molecule has 0 aromatic heterocycles. The Morgan fingerprint density at radius 3 is 1.46 bits per heavy atom. The molecule has 0 aromatic rings. The summed E-state index contributed by atoms with van der Waals surface area (Å²) in [5, 5.41) is 21.1. The minimum atomic E-state index is -1.57. The Morgan fingerprint density at radius 1 is 0.659 bits per heavy atom. The first-order chi connectivity index (χ1) is 19.7. The fourth-order valence-corrected chi connectivity index (χ4v) is 4.65. The molecule has 0 aliphatic rings. The molecule has 8 heteroatoms. The molecule has 0 heterocycles. The number of nitrogens with zero attached hydrogens (tertiary/aromatic N) is 1. The summed E-state index contributed by atoms with van der Waals surface area (Å²) in [6.45, 7) is 2.48. The zero-order valence-electron chi connectivity index (χ0n) is 27.2. The molecule has 0 saturated heterocycles. The first-order valence-electron chi connectivity index (χ1n) is 16.7. The van der Waals surface area contributed by atoms with E-state index in [0.717, 1.165) is 19.3 Å². The number of aliphatic hydroxyl groups excluding tert-OH is 1. The van der Waals surface area contributed by atoms with Crippen LogP contribution in [-0.4, -0.2) is 81.4 Å². The zero-order chi connectivity index (χ0) is 30.6. The van der Waals surface area contributed by atoms with Gasteiger partial charge in [0, 0.05) is 6.42 Å². The van der Waals surface area contributed by atoms with Crippen LogP contribution in [0.1, 0.15) is 142 Å². The predicted octanol–water partition coefficient (Wildman–Crippen LogP) is 5.92. The molecular weight excluding hydrogens is 522 g/mol. The maximum Gasteiger partial charge on any atom is 0.305 e. The minimum absolute atomic E-state index is 0.173. The van der Waals surface area contributed by atoms with E-state index in [0.29, 0.717) is 17.4 Å². The lowest BCUT2D eigenvalue weighted by Gasteiger charge is -2.26. The van der Waals surface area contributed by atoms with Crippen LogP contribution >= 0.6 is 0 Å². The van der Waals surface area contributed by atoms with Crippen molar-refractivity contribution in [1.82, 2.24) is 0 Å². The second-order valence-corrected chi connectivity index (χ2v) is 12.7. The van der Waals surface area contributed by atoms with E-state index in [2.05, 4.69) is 6.92 Å². The number of ether oxygens (including phenoxy) is 3. The predicted molar refractivity (Wildman–Crippen MR) is 163 cm³/mol. The van der Waals surface area contributed by atoms with Gasteiger partial charge in [0.1, 0.15) is 19.3 Å². The monoisotopic (exact) mass is 587 g/mol. The summed E-state index contributed by atoms with van der Waals surface area (Å²) in [4.78, 5) is 23.1. The van der Waals surface area contributed by atoms with E-state index in [-0.39, 0.29) is 25.8 Å². The molecule has 0 amide bonds. The fourth-order valence-electron chi connectivity index (χ4n) is 4.65. The van der Waals surface area contributed by atoms with Crippen molar-refractivity contribution in [3.05, 3.63) is 0 Å². The molecule has 0 saturated carbocycles. The molecule has 0 aliphatic carbocycles. The van der Waals surface area contributed by atoms with Crippen molar-refractivity contribution in [2.75, 3.05) is 47.5 Å². The highest BCUT2D eigenvalue weighted by Crippen LogP contribution is 2.15. The lowest BCUT2D eigenvalue weighted by molar-refractivity contribution is -0.870. The molecule has 0 spiro atoms. The van der Waals surface area contributed by atoms with E-state index >= 15 is 0 Å². The van der Waals surface area contributed by atoms with Crippen LogP contribution in [0.2, 0.25) is 0 Å². The van der Waals surface area contributed by atoms with Gasteiger partial charge in [-0.25, -0.2) is 0 Å². The first-order valence-corrected chi connectivity index (χ1v) is 16.7. The smallest absolute Gasteiger partial charge is 0.305 e. The van der Waals surface area contributed by atoms with Crippen molar-refractivity contribution in [3.8, 4) is 0 Å². The van der Waals surface area contributed by atoms with Gasteiger partial charge in [-0.3, -0.25) is 4.79 Å². The molecule has 2 unspecified atom stereocenters. The van der Waals surface area contributed by atoms with E-state index < -0.39 is 18.4 Å². The van der Waals surface area contributed by atoms with Crippen LogP contribution in [0.25, 0.3) is 0 Å². The lowest BCUT2D eigenvalue weighted by atomic mass is 10.0. The number of carboxylic acids is 1. The number of hydrogen-bond donors (Lipinski definition) is 1. The number of quaternary nitrogens is 1. The Kier molecular flexibility index (Phi) is 26.8. The van der Waals surface area contributed by atoms with E-state index in [1.807, 2.05) is 21.1 Å². The number of aliphatic carboxylic acids is 1. The van der Waals surface area contributed by atoms with Crippen molar-refractivity contribution >= 4 is 11.9 Å². The van der Waals surface area contributed by atoms with Gasteiger partial charge >= 0.3 is 5.97 Å². The van der Waals surface area contributed by atoms with Crippen molar-refractivity contribution < 1.29 is 38.5 Å². The van der Waals surface area contributed by atoms with E-state index in [1.54, 1.807) is 0 Å². The Hall–Kier alpha value is -1.22. The Balaban J connectivity index is 3.49. The van der Waals surface area contributed by atoms with Gasteiger partial charge in [0.05, 0.1) is 40.3 Å². The Bertz CT molecular complexity index is 609. The SMILES string of the molecule is CCCCCCCCCCCCCCCCCCCCCCC(=O)OCC(O)COC(OCC[N+](C)(C)C)C(=O)[O-]. The number of rotatable bonds is 31. The van der Waals surface area contributed by atoms with Crippen LogP contribution in [0.4, 0.5) is 0 Å². The zero-order valence-corrected chi connectivity index (χ0v) is 27.2. The van der Waals surface area contributed by atoms with Gasteiger partial charge in [0.25, 0.3) is 0 Å². The summed E-state index contributed by atoms with van der Waals surface area (Å²) >= 11 is 0. The number of likely N-dealkylation sites (N-methyl/N-ethyl adjacent to an activating group) is 1. The summed E-state index contributed by atoms with van der Waals surface area (Å²) in [5.41, 5.74) is 0. The van der Waals surface area contributed by atoms with Gasteiger partial charge in [-0.1, -0.05) is 129 Å². The molecule has 2 atom stereocenters. The molecule has 0 fully saturated rings. The Morgan fingerprint density at radius 2 is 1.07 bits per heavy atom. The lowest BCUT2D eigenvalue weighted by Crippen LogP contribution is -2.44. The minimum Gasteiger partial charge on any atom is -0.545 e. The van der Waals surface area contributed by atoms with Gasteiger partial charge in [-0.2, -0.15) is 0 Å². The van der Waals surface area contributed by atoms with Crippen molar-refractivity contribution in [2.24, 2.45) is 0 Å². The van der Waals surface area contributed by atoms with Crippen LogP contribution in [0.5, 0.6) is 0 Å². The van der Waals surface area contributed by atoms with Crippen LogP contribution < -0.4 is 5.11 Å². The number of carboxylic acid groups (broad SMARTS) is 1. The highest BCUT2D eigenvalue weighted by molar-refractivity contribution is 5.69. The number of aliphatic hydroxyl groups is 1. The van der Waals surface area contributed by atoms with Gasteiger partial charge in [0.2, 0.25) is 0 Å². The number of carbonyl (C=O) groups excluding carboxylic acids is 2. The molecule has 0 aromatic carbocycles. The molecular formula is C33H65NO7. The van der Waals surface area contributed by atoms with Crippen LogP contribution in [-0.2, 0) is 23.8 Å². The van der Waals surface area contributed by atoms with E-state index in [1.165, 1.54) is 109 Å². The Labute approximate surface area is 252 Å². The van der Waals surface area contributed by atoms with Crippen molar-refractivity contribution in [1.29, 1.82) is 0 Å². The van der Waals surface area contributed by atoms with E-state index in [9.17, 15) is 19.8 Å². The maximum atomic E-state index is 11.9. The van der Waals surface area contributed by atoms with Crippen molar-refractivity contribution in [3.63, 3.8) is 0 Å². The molecule has 0 bridgehead atoms. The van der Waals surface area contributed by atoms with Gasteiger partial charge in [-0.05, 0) is 6.42 Å². The van der Waals surface area contributed by atoms with Gasteiger partial charge < -0.3 is 33.7 Å².